The van der Waals surface area contributed by atoms with E-state index in [9.17, 15) is 4.79 Å². The van der Waals surface area contributed by atoms with Crippen LogP contribution in [-0.4, -0.2) is 17.6 Å². The summed E-state index contributed by atoms with van der Waals surface area (Å²) in [6.07, 6.45) is 1.72. The summed E-state index contributed by atoms with van der Waals surface area (Å²) in [7, 11) is 1.32. The van der Waals surface area contributed by atoms with Crippen molar-refractivity contribution >= 4 is 37.8 Å². The Morgan fingerprint density at radius 3 is 2.68 bits per heavy atom. The first-order chi connectivity index (χ1) is 9.06. The lowest BCUT2D eigenvalue weighted by atomic mass is 10.2. The maximum Gasteiger partial charge on any atom is 0.355 e. The van der Waals surface area contributed by atoms with Gasteiger partial charge < -0.3 is 9.30 Å². The Bertz CT molecular complexity index is 686. The number of methoxy groups -OCH3 is 1. The molecule has 0 radical (unpaired) electrons. The summed E-state index contributed by atoms with van der Waals surface area (Å²) in [5.74, 6) is -0.463. The fourth-order valence-corrected chi connectivity index (χ4v) is 2.46. The van der Waals surface area contributed by atoms with Gasteiger partial charge in [0.05, 0.1) is 18.4 Å². The first kappa shape index (κ1) is 13.8. The second-order valence-electron chi connectivity index (χ2n) is 3.68. The van der Waals surface area contributed by atoms with Gasteiger partial charge in [0.25, 0.3) is 0 Å². The minimum atomic E-state index is -0.463. The van der Waals surface area contributed by atoms with Crippen molar-refractivity contribution in [2.45, 2.75) is 0 Å². The third-order valence-corrected chi connectivity index (χ3v) is 3.45. The molecule has 1 aromatic carbocycles. The first-order valence-electron chi connectivity index (χ1n) is 5.23. The highest BCUT2D eigenvalue weighted by Crippen LogP contribution is 2.25. The second-order valence-corrected chi connectivity index (χ2v) is 5.51. The SMILES string of the molecule is COC(=O)c1cc(Br)cn1-c1cc(Br)ccc1C#N. The highest BCUT2D eigenvalue weighted by molar-refractivity contribution is 9.10. The molecule has 0 aliphatic rings. The van der Waals surface area contributed by atoms with Gasteiger partial charge in [0, 0.05) is 15.1 Å². The number of nitriles is 1. The van der Waals surface area contributed by atoms with E-state index in [0.717, 1.165) is 8.95 Å². The third-order valence-electron chi connectivity index (χ3n) is 2.52. The van der Waals surface area contributed by atoms with Gasteiger partial charge in [0.1, 0.15) is 11.8 Å². The van der Waals surface area contributed by atoms with Gasteiger partial charge in [-0.05, 0) is 40.2 Å². The number of benzene rings is 1. The lowest BCUT2D eigenvalue weighted by Crippen LogP contribution is -2.09. The molecule has 0 unspecified atom stereocenters. The van der Waals surface area contributed by atoms with Crippen molar-refractivity contribution in [1.82, 2.24) is 4.57 Å². The molecule has 0 aliphatic carbocycles. The maximum absolute atomic E-state index is 11.7. The number of hydrogen-bond donors (Lipinski definition) is 0. The van der Waals surface area contributed by atoms with Crippen molar-refractivity contribution in [1.29, 1.82) is 5.26 Å². The van der Waals surface area contributed by atoms with Gasteiger partial charge in [-0.25, -0.2) is 4.79 Å². The Morgan fingerprint density at radius 2 is 2.05 bits per heavy atom. The van der Waals surface area contributed by atoms with Gasteiger partial charge in [0.15, 0.2) is 0 Å². The average Bonchev–Trinajstić information content (AvgIpc) is 2.79. The van der Waals surface area contributed by atoms with E-state index in [1.165, 1.54) is 7.11 Å². The predicted molar refractivity (Wildman–Crippen MR) is 77.2 cm³/mol. The maximum atomic E-state index is 11.7. The summed E-state index contributed by atoms with van der Waals surface area (Å²) in [4.78, 5) is 11.7. The van der Waals surface area contributed by atoms with Crippen LogP contribution in [0.15, 0.2) is 39.4 Å². The van der Waals surface area contributed by atoms with Gasteiger partial charge in [-0.15, -0.1) is 0 Å². The highest BCUT2D eigenvalue weighted by atomic mass is 79.9. The van der Waals surface area contributed by atoms with Gasteiger partial charge in [-0.2, -0.15) is 5.26 Å². The van der Waals surface area contributed by atoms with Crippen molar-refractivity contribution in [3.05, 3.63) is 50.7 Å². The fourth-order valence-electron chi connectivity index (χ4n) is 1.69. The number of carbonyl (C=O) groups excluding carboxylic acids is 1. The normalized spacial score (nSPS) is 10.0. The van der Waals surface area contributed by atoms with Crippen LogP contribution in [0.4, 0.5) is 0 Å². The topological polar surface area (TPSA) is 55.0 Å². The largest absolute Gasteiger partial charge is 0.464 e. The van der Waals surface area contributed by atoms with Crippen LogP contribution in [0.1, 0.15) is 16.1 Å². The Kier molecular flexibility index (Phi) is 4.08. The lowest BCUT2D eigenvalue weighted by molar-refractivity contribution is 0.0591. The summed E-state index contributed by atoms with van der Waals surface area (Å²) >= 11 is 6.68. The molecule has 4 nitrogen and oxygen atoms in total. The van der Waals surface area contributed by atoms with Crippen LogP contribution >= 0.6 is 31.9 Å². The molecule has 0 amide bonds. The predicted octanol–water partition coefficient (Wildman–Crippen LogP) is 3.66. The number of aromatic nitrogens is 1. The molecular formula is C13H8Br2N2O2. The number of ether oxygens (including phenoxy) is 1. The zero-order valence-electron chi connectivity index (χ0n) is 9.85. The molecule has 19 heavy (non-hydrogen) atoms. The van der Waals surface area contributed by atoms with Crippen molar-refractivity contribution in [2.75, 3.05) is 7.11 Å². The quantitative estimate of drug-likeness (QED) is 0.743. The molecule has 0 spiro atoms. The molecule has 0 N–H and O–H groups in total. The molecule has 2 rings (SSSR count). The van der Waals surface area contributed by atoms with Crippen LogP contribution in [0.5, 0.6) is 0 Å². The molecule has 0 aliphatic heterocycles. The smallest absolute Gasteiger partial charge is 0.355 e. The van der Waals surface area contributed by atoms with Crippen LogP contribution in [0.2, 0.25) is 0 Å². The number of hydrogen-bond acceptors (Lipinski definition) is 3. The van der Waals surface area contributed by atoms with Crippen LogP contribution < -0.4 is 0 Å². The number of carbonyl (C=O) groups is 1. The van der Waals surface area contributed by atoms with E-state index in [2.05, 4.69) is 37.9 Å². The summed E-state index contributed by atoms with van der Waals surface area (Å²) in [5.41, 5.74) is 1.43. The molecule has 0 atom stereocenters. The van der Waals surface area contributed by atoms with Crippen LogP contribution in [0.25, 0.3) is 5.69 Å². The molecule has 0 bridgehead atoms. The van der Waals surface area contributed by atoms with Crippen molar-refractivity contribution in [2.24, 2.45) is 0 Å². The van der Waals surface area contributed by atoms with E-state index >= 15 is 0 Å². The van der Waals surface area contributed by atoms with Crippen molar-refractivity contribution in [3.63, 3.8) is 0 Å². The molecule has 2 aromatic rings. The van der Waals surface area contributed by atoms with E-state index < -0.39 is 5.97 Å². The molecule has 0 saturated carbocycles. The average molecular weight is 384 g/mol. The summed E-state index contributed by atoms with van der Waals surface area (Å²) in [6.45, 7) is 0. The van der Waals surface area contributed by atoms with E-state index in [1.54, 1.807) is 35.0 Å². The van der Waals surface area contributed by atoms with E-state index in [0.29, 0.717) is 16.9 Å². The minimum Gasteiger partial charge on any atom is -0.464 e. The Balaban J connectivity index is 2.69. The number of halogens is 2. The third kappa shape index (κ3) is 2.72. The van der Waals surface area contributed by atoms with E-state index in [1.807, 2.05) is 0 Å². The molecule has 96 valence electrons. The van der Waals surface area contributed by atoms with Gasteiger partial charge in [0.2, 0.25) is 0 Å². The van der Waals surface area contributed by atoms with Crippen molar-refractivity contribution in [3.8, 4) is 11.8 Å². The number of esters is 1. The summed E-state index contributed by atoms with van der Waals surface area (Å²) in [5, 5.41) is 9.16. The van der Waals surface area contributed by atoms with Crippen LogP contribution in [0, 0.1) is 11.3 Å². The zero-order chi connectivity index (χ0) is 14.0. The van der Waals surface area contributed by atoms with Gasteiger partial charge in [-0.1, -0.05) is 15.9 Å². The van der Waals surface area contributed by atoms with Gasteiger partial charge >= 0.3 is 5.97 Å². The molecule has 0 saturated heterocycles. The Morgan fingerprint density at radius 1 is 1.32 bits per heavy atom. The number of rotatable bonds is 2. The van der Waals surface area contributed by atoms with Crippen molar-refractivity contribution < 1.29 is 9.53 Å². The van der Waals surface area contributed by atoms with E-state index in [-0.39, 0.29) is 0 Å². The Labute approximate surface area is 126 Å². The van der Waals surface area contributed by atoms with Crippen LogP contribution in [-0.2, 0) is 4.74 Å². The summed E-state index contributed by atoms with van der Waals surface area (Å²) in [6, 6.07) is 8.99. The molecule has 1 heterocycles. The minimum absolute atomic E-state index is 0.351. The number of nitrogens with zero attached hydrogens (tertiary/aromatic N) is 2. The summed E-state index contributed by atoms with van der Waals surface area (Å²) < 4.78 is 7.92. The highest BCUT2D eigenvalue weighted by Gasteiger charge is 2.17. The molecule has 0 fully saturated rings. The zero-order valence-corrected chi connectivity index (χ0v) is 13.0. The first-order valence-corrected chi connectivity index (χ1v) is 6.81. The standard InChI is InChI=1S/C13H8Br2N2O2/c1-19-13(18)12-5-10(15)7-17(12)11-4-9(14)3-2-8(11)6-16/h2-5,7H,1H3. The van der Waals surface area contributed by atoms with Crippen LogP contribution in [0.3, 0.4) is 0 Å². The molecular weight excluding hydrogens is 376 g/mol. The Hall–Kier alpha value is -1.58. The molecule has 6 heteroatoms. The lowest BCUT2D eigenvalue weighted by Gasteiger charge is -2.09. The van der Waals surface area contributed by atoms with Gasteiger partial charge in [-0.3, -0.25) is 0 Å². The second kappa shape index (κ2) is 5.59. The monoisotopic (exact) mass is 382 g/mol. The van der Waals surface area contributed by atoms with E-state index in [4.69, 9.17) is 10.00 Å². The fraction of sp³-hybridized carbons (Fsp3) is 0.0769. The molecule has 1 aromatic heterocycles.